The molecule has 1 heterocycles. The molecule has 2 aromatic rings. The minimum absolute atomic E-state index is 0.263. The predicted molar refractivity (Wildman–Crippen MR) is 92.0 cm³/mol. The fourth-order valence-electron chi connectivity index (χ4n) is 2.58. The van der Waals surface area contributed by atoms with Crippen LogP contribution in [0.15, 0.2) is 48.5 Å². The van der Waals surface area contributed by atoms with Crippen molar-refractivity contribution >= 4 is 34.7 Å². The third-order valence-corrected chi connectivity index (χ3v) is 3.93. The molecule has 4 nitrogen and oxygen atoms in total. The number of hydrogen-bond acceptors (Lipinski definition) is 2. The Kier molecular flexibility index (Phi) is 4.49. The summed E-state index contributed by atoms with van der Waals surface area (Å²) < 4.78 is 0. The molecule has 0 saturated carbocycles. The van der Waals surface area contributed by atoms with Crippen molar-refractivity contribution in [2.45, 2.75) is 12.8 Å². The average molecular weight is 316 g/mol. The van der Waals surface area contributed by atoms with Gasteiger partial charge in [0.05, 0.1) is 0 Å². The van der Waals surface area contributed by atoms with E-state index in [0.29, 0.717) is 10.7 Å². The van der Waals surface area contributed by atoms with Crippen LogP contribution in [-0.2, 0) is 0 Å². The van der Waals surface area contributed by atoms with E-state index in [0.717, 1.165) is 24.5 Å². The molecule has 22 heavy (non-hydrogen) atoms. The zero-order chi connectivity index (χ0) is 15.4. The van der Waals surface area contributed by atoms with Crippen LogP contribution in [0.1, 0.15) is 12.8 Å². The molecule has 114 valence electrons. The SMILES string of the molecule is O=C(Nc1ccc(Cl)cc1)Nc1cccc(N2CCCC2)c1. The van der Waals surface area contributed by atoms with Crippen LogP contribution in [0.2, 0.25) is 5.02 Å². The minimum Gasteiger partial charge on any atom is -0.371 e. The summed E-state index contributed by atoms with van der Waals surface area (Å²) in [6.07, 6.45) is 2.46. The van der Waals surface area contributed by atoms with Gasteiger partial charge in [-0.1, -0.05) is 17.7 Å². The molecular weight excluding hydrogens is 298 g/mol. The third-order valence-electron chi connectivity index (χ3n) is 3.68. The number of amides is 2. The van der Waals surface area contributed by atoms with E-state index in [1.54, 1.807) is 24.3 Å². The second-order valence-electron chi connectivity index (χ2n) is 5.33. The van der Waals surface area contributed by atoms with Crippen molar-refractivity contribution in [2.24, 2.45) is 0 Å². The number of hydrogen-bond donors (Lipinski definition) is 2. The summed E-state index contributed by atoms with van der Waals surface area (Å²) in [6, 6.07) is 14.7. The van der Waals surface area contributed by atoms with Gasteiger partial charge in [-0.3, -0.25) is 0 Å². The van der Waals surface area contributed by atoms with Crippen molar-refractivity contribution in [1.82, 2.24) is 0 Å². The molecule has 0 atom stereocenters. The first-order valence-corrected chi connectivity index (χ1v) is 7.77. The summed E-state index contributed by atoms with van der Waals surface area (Å²) in [5.74, 6) is 0. The van der Waals surface area contributed by atoms with Crippen molar-refractivity contribution in [3.63, 3.8) is 0 Å². The Morgan fingerprint density at radius 2 is 1.64 bits per heavy atom. The van der Waals surface area contributed by atoms with Gasteiger partial charge in [0, 0.05) is 35.2 Å². The Morgan fingerprint density at radius 1 is 0.955 bits per heavy atom. The van der Waals surface area contributed by atoms with Crippen LogP contribution in [-0.4, -0.2) is 19.1 Å². The highest BCUT2D eigenvalue weighted by atomic mass is 35.5. The molecule has 5 heteroatoms. The van der Waals surface area contributed by atoms with Gasteiger partial charge in [0.1, 0.15) is 0 Å². The van der Waals surface area contributed by atoms with Crippen molar-refractivity contribution in [3.05, 3.63) is 53.6 Å². The second-order valence-corrected chi connectivity index (χ2v) is 5.77. The molecule has 2 amide bonds. The Labute approximate surface area is 135 Å². The number of halogens is 1. The first kappa shape index (κ1) is 14.7. The molecule has 0 aliphatic carbocycles. The van der Waals surface area contributed by atoms with E-state index < -0.39 is 0 Å². The topological polar surface area (TPSA) is 44.4 Å². The normalized spacial score (nSPS) is 14.0. The predicted octanol–water partition coefficient (Wildman–Crippen LogP) is 4.58. The van der Waals surface area contributed by atoms with Gasteiger partial charge in [0.15, 0.2) is 0 Å². The van der Waals surface area contributed by atoms with Crippen LogP contribution in [0.25, 0.3) is 0 Å². The van der Waals surface area contributed by atoms with Gasteiger partial charge in [-0.2, -0.15) is 0 Å². The van der Waals surface area contributed by atoms with E-state index in [1.807, 2.05) is 18.2 Å². The molecule has 1 saturated heterocycles. The summed E-state index contributed by atoms with van der Waals surface area (Å²) in [6.45, 7) is 2.17. The highest BCUT2D eigenvalue weighted by molar-refractivity contribution is 6.30. The van der Waals surface area contributed by atoms with Gasteiger partial charge in [0.2, 0.25) is 0 Å². The van der Waals surface area contributed by atoms with Crippen LogP contribution in [0, 0.1) is 0 Å². The highest BCUT2D eigenvalue weighted by Gasteiger charge is 2.12. The minimum atomic E-state index is -0.263. The van der Waals surface area contributed by atoms with Gasteiger partial charge in [-0.15, -0.1) is 0 Å². The van der Waals surface area contributed by atoms with Crippen molar-refractivity contribution in [2.75, 3.05) is 28.6 Å². The second kappa shape index (κ2) is 6.71. The summed E-state index contributed by atoms with van der Waals surface area (Å²) in [4.78, 5) is 14.4. The highest BCUT2D eigenvalue weighted by Crippen LogP contribution is 2.23. The molecular formula is C17H18ClN3O. The van der Waals surface area contributed by atoms with E-state index in [9.17, 15) is 4.79 Å². The average Bonchev–Trinajstić information content (AvgIpc) is 3.04. The number of anilines is 3. The van der Waals surface area contributed by atoms with Gasteiger partial charge in [-0.25, -0.2) is 4.79 Å². The summed E-state index contributed by atoms with van der Waals surface area (Å²) >= 11 is 5.82. The maximum absolute atomic E-state index is 12.0. The molecule has 0 unspecified atom stereocenters. The first-order chi connectivity index (χ1) is 10.7. The summed E-state index contributed by atoms with van der Waals surface area (Å²) in [5.41, 5.74) is 2.65. The maximum Gasteiger partial charge on any atom is 0.323 e. The Hall–Kier alpha value is -2.20. The molecule has 0 bridgehead atoms. The lowest BCUT2D eigenvalue weighted by atomic mass is 10.2. The number of rotatable bonds is 3. The lowest BCUT2D eigenvalue weighted by molar-refractivity contribution is 0.262. The fraction of sp³-hybridized carbons (Fsp3) is 0.235. The lowest BCUT2D eigenvalue weighted by Gasteiger charge is -2.18. The van der Waals surface area contributed by atoms with Crippen LogP contribution >= 0.6 is 11.6 Å². The van der Waals surface area contributed by atoms with Gasteiger partial charge < -0.3 is 15.5 Å². The molecule has 2 N–H and O–H groups in total. The Morgan fingerprint density at radius 3 is 2.36 bits per heavy atom. The third kappa shape index (κ3) is 3.71. The molecule has 0 radical (unpaired) electrons. The first-order valence-electron chi connectivity index (χ1n) is 7.39. The molecule has 3 rings (SSSR count). The van der Waals surface area contributed by atoms with Crippen molar-refractivity contribution in [1.29, 1.82) is 0 Å². The van der Waals surface area contributed by atoms with Crippen LogP contribution in [0.4, 0.5) is 21.9 Å². The maximum atomic E-state index is 12.0. The Bertz CT molecular complexity index is 651. The van der Waals surface area contributed by atoms with E-state index >= 15 is 0 Å². The Balaban J connectivity index is 1.63. The van der Waals surface area contributed by atoms with E-state index in [2.05, 4.69) is 21.6 Å². The van der Waals surface area contributed by atoms with Crippen molar-refractivity contribution in [3.8, 4) is 0 Å². The zero-order valence-electron chi connectivity index (χ0n) is 12.2. The van der Waals surface area contributed by atoms with Crippen molar-refractivity contribution < 1.29 is 4.79 Å². The smallest absolute Gasteiger partial charge is 0.323 e. The van der Waals surface area contributed by atoms with E-state index in [-0.39, 0.29) is 6.03 Å². The lowest BCUT2D eigenvalue weighted by Crippen LogP contribution is -2.20. The molecule has 1 aliphatic heterocycles. The summed E-state index contributed by atoms with van der Waals surface area (Å²) in [5, 5.41) is 6.29. The quantitative estimate of drug-likeness (QED) is 0.870. The molecule has 0 aromatic heterocycles. The van der Waals surface area contributed by atoms with E-state index in [4.69, 9.17) is 11.6 Å². The van der Waals surface area contributed by atoms with Crippen LogP contribution in [0.3, 0.4) is 0 Å². The largest absolute Gasteiger partial charge is 0.371 e. The number of urea groups is 1. The monoisotopic (exact) mass is 315 g/mol. The standard InChI is InChI=1S/C17H18ClN3O/c18-13-6-8-14(9-7-13)19-17(22)20-15-4-3-5-16(12-15)21-10-1-2-11-21/h3-9,12H,1-2,10-11H2,(H2,19,20,22). The van der Waals surface area contributed by atoms with Crippen LogP contribution in [0.5, 0.6) is 0 Å². The van der Waals surface area contributed by atoms with Crippen LogP contribution < -0.4 is 15.5 Å². The number of nitrogens with zero attached hydrogens (tertiary/aromatic N) is 1. The van der Waals surface area contributed by atoms with E-state index in [1.165, 1.54) is 12.8 Å². The molecule has 0 spiro atoms. The number of nitrogens with one attached hydrogen (secondary N) is 2. The molecule has 1 aliphatic rings. The fourth-order valence-corrected chi connectivity index (χ4v) is 2.71. The molecule has 2 aromatic carbocycles. The van der Waals surface area contributed by atoms with Gasteiger partial charge >= 0.3 is 6.03 Å². The number of carbonyl (C=O) groups excluding carboxylic acids is 1. The van der Waals surface area contributed by atoms with Gasteiger partial charge in [0.25, 0.3) is 0 Å². The van der Waals surface area contributed by atoms with Gasteiger partial charge in [-0.05, 0) is 55.3 Å². The number of carbonyl (C=O) groups is 1. The zero-order valence-corrected chi connectivity index (χ0v) is 12.9. The summed E-state index contributed by atoms with van der Waals surface area (Å²) in [7, 11) is 0. The number of benzene rings is 2. The molecule has 1 fully saturated rings.